The molecule has 0 saturated heterocycles. The maximum absolute atomic E-state index is 13.2. The van der Waals surface area contributed by atoms with Gasteiger partial charge in [-0.05, 0) is 17.7 Å². The molecule has 1 aromatic heterocycles. The van der Waals surface area contributed by atoms with Crippen LogP contribution in [-0.4, -0.2) is 6.29 Å². The van der Waals surface area contributed by atoms with Crippen LogP contribution >= 0.6 is 22.9 Å². The minimum absolute atomic E-state index is 0.136. The molecule has 2 aromatic rings. The van der Waals surface area contributed by atoms with Gasteiger partial charge in [0.2, 0.25) is 0 Å². The Labute approximate surface area is 89.1 Å². The summed E-state index contributed by atoms with van der Waals surface area (Å²) >= 11 is 6.63. The van der Waals surface area contributed by atoms with E-state index < -0.39 is 5.13 Å². The van der Waals surface area contributed by atoms with E-state index in [0.29, 0.717) is 17.6 Å². The van der Waals surface area contributed by atoms with Gasteiger partial charge < -0.3 is 0 Å². The van der Waals surface area contributed by atoms with Crippen molar-refractivity contribution in [1.82, 2.24) is 0 Å². The molecule has 4 heteroatoms. The van der Waals surface area contributed by atoms with Gasteiger partial charge in [-0.1, -0.05) is 6.07 Å². The smallest absolute Gasteiger partial charge is 0.188 e. The Kier molecular flexibility index (Phi) is 2.52. The first-order valence-corrected chi connectivity index (χ1v) is 5.33. The number of thiophene rings is 1. The fraction of sp³-hybridized carbons (Fsp3) is 0.100. The van der Waals surface area contributed by atoms with Gasteiger partial charge in [-0.2, -0.15) is 4.39 Å². The molecular weight excluding hydrogens is 223 g/mol. The summed E-state index contributed by atoms with van der Waals surface area (Å²) in [6, 6.07) is 5.37. The quantitative estimate of drug-likeness (QED) is 0.567. The maximum atomic E-state index is 13.2. The van der Waals surface area contributed by atoms with Gasteiger partial charge in [0.15, 0.2) is 11.4 Å². The normalized spacial score (nSPS) is 10.7. The van der Waals surface area contributed by atoms with Crippen LogP contribution in [0.5, 0.6) is 0 Å². The maximum Gasteiger partial charge on any atom is 0.188 e. The van der Waals surface area contributed by atoms with E-state index in [1.807, 2.05) is 6.07 Å². The van der Waals surface area contributed by atoms with Crippen LogP contribution in [0.25, 0.3) is 10.1 Å². The molecule has 0 aliphatic carbocycles. The first-order chi connectivity index (χ1) is 6.76. The zero-order valence-electron chi connectivity index (χ0n) is 7.09. The SMILES string of the molecule is O=Cc1c(F)sc2ccc(CCl)cc12. The number of hydrogen-bond donors (Lipinski definition) is 0. The number of rotatable bonds is 2. The monoisotopic (exact) mass is 228 g/mol. The van der Waals surface area contributed by atoms with Gasteiger partial charge in [0, 0.05) is 16.0 Å². The molecule has 0 radical (unpaired) electrons. The molecule has 0 aliphatic heterocycles. The molecular formula is C10H6ClFOS. The molecule has 0 atom stereocenters. The molecule has 1 nitrogen and oxygen atoms in total. The predicted molar refractivity (Wildman–Crippen MR) is 56.7 cm³/mol. The summed E-state index contributed by atoms with van der Waals surface area (Å²) in [5, 5.41) is 0.224. The largest absolute Gasteiger partial charge is 0.298 e. The number of aldehydes is 1. The Morgan fingerprint density at radius 2 is 2.29 bits per heavy atom. The van der Waals surface area contributed by atoms with Crippen molar-refractivity contribution in [1.29, 1.82) is 0 Å². The van der Waals surface area contributed by atoms with Gasteiger partial charge in [0.25, 0.3) is 0 Å². The highest BCUT2D eigenvalue weighted by molar-refractivity contribution is 7.17. The number of alkyl halides is 1. The Morgan fingerprint density at radius 1 is 1.50 bits per heavy atom. The van der Waals surface area contributed by atoms with Crippen molar-refractivity contribution >= 4 is 39.3 Å². The van der Waals surface area contributed by atoms with Gasteiger partial charge in [-0.25, -0.2) is 0 Å². The summed E-state index contributed by atoms with van der Waals surface area (Å²) in [6.07, 6.45) is 0.548. The molecule has 0 aliphatic rings. The summed E-state index contributed by atoms with van der Waals surface area (Å²) in [5.74, 6) is 0.367. The van der Waals surface area contributed by atoms with Crippen LogP contribution in [-0.2, 0) is 5.88 Å². The molecule has 0 saturated carbocycles. The second kappa shape index (κ2) is 3.67. The average molecular weight is 229 g/mol. The van der Waals surface area contributed by atoms with E-state index in [-0.39, 0.29) is 5.56 Å². The third-order valence-electron chi connectivity index (χ3n) is 2.02. The highest BCUT2D eigenvalue weighted by Gasteiger charge is 2.11. The van der Waals surface area contributed by atoms with Gasteiger partial charge in [-0.3, -0.25) is 4.79 Å². The Hall–Kier alpha value is -0.930. The summed E-state index contributed by atoms with van der Waals surface area (Å²) in [4.78, 5) is 10.6. The number of halogens is 2. The van der Waals surface area contributed by atoms with Crippen molar-refractivity contribution in [2.75, 3.05) is 0 Å². The van der Waals surface area contributed by atoms with E-state index >= 15 is 0 Å². The molecule has 0 spiro atoms. The van der Waals surface area contributed by atoms with Crippen LogP contribution in [0.4, 0.5) is 4.39 Å². The molecule has 1 heterocycles. The molecule has 0 N–H and O–H groups in total. The van der Waals surface area contributed by atoms with Gasteiger partial charge in [0.1, 0.15) is 0 Å². The number of carbonyl (C=O) groups excluding carboxylic acids is 1. The van der Waals surface area contributed by atoms with E-state index in [9.17, 15) is 9.18 Å². The molecule has 0 amide bonds. The lowest BCUT2D eigenvalue weighted by Gasteiger charge is -1.95. The highest BCUT2D eigenvalue weighted by atomic mass is 35.5. The molecule has 0 fully saturated rings. The van der Waals surface area contributed by atoms with Crippen LogP contribution in [0.1, 0.15) is 15.9 Å². The number of benzene rings is 1. The van der Waals surface area contributed by atoms with Gasteiger partial charge in [0.05, 0.1) is 5.56 Å². The van der Waals surface area contributed by atoms with Crippen LogP contribution in [0.3, 0.4) is 0 Å². The first-order valence-electron chi connectivity index (χ1n) is 3.98. The lowest BCUT2D eigenvalue weighted by atomic mass is 10.1. The van der Waals surface area contributed by atoms with E-state index in [0.717, 1.165) is 21.6 Å². The summed E-state index contributed by atoms with van der Waals surface area (Å²) in [6.45, 7) is 0. The molecule has 14 heavy (non-hydrogen) atoms. The summed E-state index contributed by atoms with van der Waals surface area (Å²) in [7, 11) is 0. The minimum Gasteiger partial charge on any atom is -0.298 e. The Morgan fingerprint density at radius 3 is 2.93 bits per heavy atom. The lowest BCUT2D eigenvalue weighted by molar-refractivity contribution is 0.112. The Bertz CT molecular complexity index is 492. The predicted octanol–water partition coefficient (Wildman–Crippen LogP) is 3.59. The lowest BCUT2D eigenvalue weighted by Crippen LogP contribution is -1.81. The highest BCUT2D eigenvalue weighted by Crippen LogP contribution is 2.29. The second-order valence-electron chi connectivity index (χ2n) is 2.87. The third-order valence-corrected chi connectivity index (χ3v) is 3.30. The second-order valence-corrected chi connectivity index (χ2v) is 4.14. The molecule has 2 rings (SSSR count). The first kappa shape index (κ1) is 9.62. The Balaban J connectivity index is 2.77. The van der Waals surface area contributed by atoms with Gasteiger partial charge in [-0.15, -0.1) is 22.9 Å². The van der Waals surface area contributed by atoms with Crippen molar-refractivity contribution in [3.05, 3.63) is 34.5 Å². The fourth-order valence-electron chi connectivity index (χ4n) is 1.33. The van der Waals surface area contributed by atoms with Crippen LogP contribution in [0, 0.1) is 5.13 Å². The van der Waals surface area contributed by atoms with Crippen LogP contribution < -0.4 is 0 Å². The van der Waals surface area contributed by atoms with E-state index in [1.165, 1.54) is 0 Å². The van der Waals surface area contributed by atoms with Crippen molar-refractivity contribution in [2.45, 2.75) is 5.88 Å². The average Bonchev–Trinajstić information content (AvgIpc) is 2.52. The zero-order valence-corrected chi connectivity index (χ0v) is 8.66. The van der Waals surface area contributed by atoms with Crippen molar-refractivity contribution in [3.8, 4) is 0 Å². The molecule has 72 valence electrons. The summed E-state index contributed by atoms with van der Waals surface area (Å²) < 4.78 is 14.0. The van der Waals surface area contributed by atoms with E-state index in [2.05, 4.69) is 0 Å². The topological polar surface area (TPSA) is 17.1 Å². The van der Waals surface area contributed by atoms with Crippen molar-refractivity contribution in [2.24, 2.45) is 0 Å². The minimum atomic E-state index is -0.429. The number of fused-ring (bicyclic) bond motifs is 1. The molecule has 0 bridgehead atoms. The third kappa shape index (κ3) is 1.42. The van der Waals surface area contributed by atoms with Crippen molar-refractivity contribution in [3.63, 3.8) is 0 Å². The van der Waals surface area contributed by atoms with Gasteiger partial charge >= 0.3 is 0 Å². The fourth-order valence-corrected chi connectivity index (χ4v) is 2.37. The van der Waals surface area contributed by atoms with E-state index in [4.69, 9.17) is 11.6 Å². The number of hydrogen-bond acceptors (Lipinski definition) is 2. The zero-order chi connectivity index (χ0) is 10.1. The van der Waals surface area contributed by atoms with Crippen molar-refractivity contribution < 1.29 is 9.18 Å². The standard InChI is InChI=1S/C10H6ClFOS/c11-4-6-1-2-9-7(3-6)8(5-13)10(12)14-9/h1-3,5H,4H2. The van der Waals surface area contributed by atoms with Crippen LogP contribution in [0.2, 0.25) is 0 Å². The summed E-state index contributed by atoms with van der Waals surface area (Å²) in [5.41, 5.74) is 1.03. The number of carbonyl (C=O) groups is 1. The molecule has 1 aromatic carbocycles. The van der Waals surface area contributed by atoms with Crippen LogP contribution in [0.15, 0.2) is 18.2 Å². The molecule has 0 unspecified atom stereocenters. The van der Waals surface area contributed by atoms with E-state index in [1.54, 1.807) is 12.1 Å².